The van der Waals surface area contributed by atoms with Gasteiger partial charge in [0.25, 0.3) is 0 Å². The van der Waals surface area contributed by atoms with Crippen molar-refractivity contribution in [2.75, 3.05) is 6.26 Å². The Labute approximate surface area is 86.3 Å². The number of hydrogen-bond acceptors (Lipinski definition) is 4. The van der Waals surface area contributed by atoms with Crippen LogP contribution in [-0.2, 0) is 9.84 Å². The lowest BCUT2D eigenvalue weighted by molar-refractivity contribution is 0.101. The summed E-state index contributed by atoms with van der Waals surface area (Å²) in [6.45, 7) is 1.15. The Balaban J connectivity index is 3.52. The van der Waals surface area contributed by atoms with Crippen LogP contribution in [0.15, 0.2) is 17.0 Å². The Morgan fingerprint density at radius 3 is 2.33 bits per heavy atom. The number of carbonyl (C=O) groups excluding carboxylic acids is 1. The van der Waals surface area contributed by atoms with Crippen LogP contribution in [0.2, 0.25) is 0 Å². The van der Waals surface area contributed by atoms with Gasteiger partial charge in [-0.1, -0.05) is 0 Å². The van der Waals surface area contributed by atoms with Gasteiger partial charge in [0.05, 0.1) is 5.56 Å². The second-order valence-electron chi connectivity index (χ2n) is 3.13. The molecule has 0 aliphatic carbocycles. The Hall–Kier alpha value is -1.43. The van der Waals surface area contributed by atoms with Crippen LogP contribution in [0.25, 0.3) is 0 Å². The number of ketones is 1. The molecule has 15 heavy (non-hydrogen) atoms. The zero-order valence-corrected chi connectivity index (χ0v) is 8.93. The first kappa shape index (κ1) is 11.6. The number of carbonyl (C=O) groups is 1. The Bertz CT molecular complexity index is 519. The summed E-state index contributed by atoms with van der Waals surface area (Å²) in [6.07, 6.45) is 0.818. The van der Waals surface area contributed by atoms with E-state index in [0.717, 1.165) is 19.2 Å². The highest BCUT2D eigenvalue weighted by molar-refractivity contribution is 7.90. The van der Waals surface area contributed by atoms with E-state index in [9.17, 15) is 22.7 Å². The van der Waals surface area contributed by atoms with Crippen molar-refractivity contribution >= 4 is 15.6 Å². The van der Waals surface area contributed by atoms with Gasteiger partial charge in [0.1, 0.15) is 16.5 Å². The molecule has 0 saturated carbocycles. The van der Waals surface area contributed by atoms with Crippen molar-refractivity contribution in [1.82, 2.24) is 0 Å². The fourth-order valence-electron chi connectivity index (χ4n) is 1.11. The first-order chi connectivity index (χ1) is 6.73. The van der Waals surface area contributed by atoms with Crippen molar-refractivity contribution in [2.45, 2.75) is 11.8 Å². The zero-order valence-electron chi connectivity index (χ0n) is 8.11. The molecule has 0 heterocycles. The number of phenolic OH excluding ortho intramolecular Hbond substituents is 1. The molecule has 6 heteroatoms. The van der Waals surface area contributed by atoms with Crippen LogP contribution in [0.3, 0.4) is 0 Å². The van der Waals surface area contributed by atoms with E-state index in [1.54, 1.807) is 0 Å². The fourth-order valence-corrected chi connectivity index (χ4v) is 1.85. The molecule has 0 fully saturated rings. The van der Waals surface area contributed by atoms with Gasteiger partial charge in [0.2, 0.25) is 0 Å². The minimum Gasteiger partial charge on any atom is -0.507 e. The minimum atomic E-state index is -3.74. The highest BCUT2D eigenvalue weighted by atomic mass is 32.2. The molecule has 0 amide bonds. The second-order valence-corrected chi connectivity index (χ2v) is 5.11. The molecule has 4 nitrogen and oxygen atoms in total. The highest BCUT2D eigenvalue weighted by Gasteiger charge is 2.18. The lowest BCUT2D eigenvalue weighted by Crippen LogP contribution is -2.03. The maximum atomic E-state index is 13.2. The lowest BCUT2D eigenvalue weighted by atomic mass is 10.1. The van der Waals surface area contributed by atoms with Crippen molar-refractivity contribution in [1.29, 1.82) is 0 Å². The molecular weight excluding hydrogens is 223 g/mol. The van der Waals surface area contributed by atoms with Gasteiger partial charge in [-0.25, -0.2) is 12.8 Å². The first-order valence-corrected chi connectivity index (χ1v) is 5.86. The number of aromatic hydroxyl groups is 1. The van der Waals surface area contributed by atoms with Crippen LogP contribution in [-0.4, -0.2) is 25.6 Å². The summed E-state index contributed by atoms with van der Waals surface area (Å²) in [4.78, 5) is 10.3. The average molecular weight is 232 g/mol. The maximum Gasteiger partial charge on any atom is 0.178 e. The van der Waals surface area contributed by atoms with Gasteiger partial charge >= 0.3 is 0 Å². The van der Waals surface area contributed by atoms with E-state index in [-0.39, 0.29) is 5.56 Å². The summed E-state index contributed by atoms with van der Waals surface area (Å²) in [5, 5.41) is 9.30. The predicted molar refractivity (Wildman–Crippen MR) is 51.2 cm³/mol. The summed E-state index contributed by atoms with van der Waals surface area (Å²) in [7, 11) is -3.74. The van der Waals surface area contributed by atoms with E-state index >= 15 is 0 Å². The molecule has 0 unspecified atom stereocenters. The van der Waals surface area contributed by atoms with Crippen LogP contribution < -0.4 is 0 Å². The van der Waals surface area contributed by atoms with Gasteiger partial charge in [-0.05, 0) is 13.0 Å². The van der Waals surface area contributed by atoms with Crippen LogP contribution in [0, 0.1) is 5.82 Å². The first-order valence-electron chi connectivity index (χ1n) is 3.97. The van der Waals surface area contributed by atoms with Crippen LogP contribution in [0.4, 0.5) is 4.39 Å². The maximum absolute atomic E-state index is 13.2. The van der Waals surface area contributed by atoms with Gasteiger partial charge in [-0.2, -0.15) is 0 Å². The summed E-state index contributed by atoms with van der Waals surface area (Å²) in [6, 6.07) is 1.45. The van der Waals surface area contributed by atoms with E-state index in [1.807, 2.05) is 0 Å². The van der Waals surface area contributed by atoms with E-state index in [1.165, 1.54) is 0 Å². The molecule has 0 spiro atoms. The van der Waals surface area contributed by atoms with Crippen LogP contribution >= 0.6 is 0 Å². The molecule has 1 aromatic rings. The van der Waals surface area contributed by atoms with Crippen molar-refractivity contribution in [2.24, 2.45) is 0 Å². The molecule has 0 aliphatic rings. The zero-order chi connectivity index (χ0) is 11.8. The molecule has 0 bridgehead atoms. The van der Waals surface area contributed by atoms with Gasteiger partial charge in [0.15, 0.2) is 15.6 Å². The van der Waals surface area contributed by atoms with E-state index in [4.69, 9.17) is 0 Å². The smallest absolute Gasteiger partial charge is 0.178 e. The fraction of sp³-hybridized carbons (Fsp3) is 0.222. The third-order valence-electron chi connectivity index (χ3n) is 1.83. The highest BCUT2D eigenvalue weighted by Crippen LogP contribution is 2.25. The monoisotopic (exact) mass is 232 g/mol. The number of rotatable bonds is 2. The van der Waals surface area contributed by atoms with Crippen molar-refractivity contribution in [3.63, 3.8) is 0 Å². The normalized spacial score (nSPS) is 11.4. The molecule has 0 aromatic heterocycles. The standard InChI is InChI=1S/C9H9FO4S/c1-5(11)6-3-7(10)9(4-8(6)12)15(2,13)14/h3-4,12H,1-2H3. The summed E-state index contributed by atoms with van der Waals surface area (Å²) < 4.78 is 35.3. The minimum absolute atomic E-state index is 0.236. The summed E-state index contributed by atoms with van der Waals surface area (Å²) >= 11 is 0. The molecule has 1 N–H and O–H groups in total. The number of Topliss-reactive ketones (excluding diaryl/α,β-unsaturated/α-hetero) is 1. The Kier molecular flexibility index (Phi) is 2.81. The number of benzene rings is 1. The predicted octanol–water partition coefficient (Wildman–Crippen LogP) is 1.14. The Morgan fingerprint density at radius 2 is 1.93 bits per heavy atom. The average Bonchev–Trinajstić information content (AvgIpc) is 2.06. The van der Waals surface area contributed by atoms with Gasteiger partial charge < -0.3 is 5.11 Å². The molecule has 0 radical (unpaired) electrons. The third kappa shape index (κ3) is 2.33. The summed E-state index contributed by atoms with van der Waals surface area (Å²) in [5.41, 5.74) is -0.236. The molecule has 0 atom stereocenters. The van der Waals surface area contributed by atoms with E-state index in [0.29, 0.717) is 6.07 Å². The second kappa shape index (κ2) is 3.62. The van der Waals surface area contributed by atoms with Gasteiger partial charge in [0, 0.05) is 12.3 Å². The topological polar surface area (TPSA) is 71.4 Å². The number of hydrogen-bond donors (Lipinski definition) is 1. The van der Waals surface area contributed by atoms with E-state index in [2.05, 4.69) is 0 Å². The van der Waals surface area contributed by atoms with Gasteiger partial charge in [-0.15, -0.1) is 0 Å². The molecule has 1 aromatic carbocycles. The Morgan fingerprint density at radius 1 is 1.40 bits per heavy atom. The van der Waals surface area contributed by atoms with Crippen molar-refractivity contribution < 1.29 is 22.7 Å². The quantitative estimate of drug-likeness (QED) is 0.776. The molecule has 0 saturated heterocycles. The number of halogens is 1. The van der Waals surface area contributed by atoms with Gasteiger partial charge in [-0.3, -0.25) is 4.79 Å². The van der Waals surface area contributed by atoms with Crippen LogP contribution in [0.1, 0.15) is 17.3 Å². The summed E-state index contributed by atoms with van der Waals surface area (Å²) in [5.74, 6) is -2.11. The molecule has 0 aliphatic heterocycles. The largest absolute Gasteiger partial charge is 0.507 e. The van der Waals surface area contributed by atoms with E-state index < -0.39 is 32.1 Å². The number of sulfone groups is 1. The molecule has 82 valence electrons. The number of phenols is 1. The van der Waals surface area contributed by atoms with Crippen molar-refractivity contribution in [3.05, 3.63) is 23.5 Å². The van der Waals surface area contributed by atoms with Crippen LogP contribution in [0.5, 0.6) is 5.75 Å². The SMILES string of the molecule is CC(=O)c1cc(F)c(S(C)(=O)=O)cc1O. The van der Waals surface area contributed by atoms with Crippen molar-refractivity contribution in [3.8, 4) is 5.75 Å². The molecular formula is C9H9FO4S. The third-order valence-corrected chi connectivity index (χ3v) is 2.94. The lowest BCUT2D eigenvalue weighted by Gasteiger charge is -2.05. The molecule has 1 rings (SSSR count).